The molecule has 2 aromatic rings. The van der Waals surface area contributed by atoms with Crippen molar-refractivity contribution in [1.29, 1.82) is 0 Å². The maximum atomic E-state index is 11.7. The molecular weight excluding hydrogens is 344 g/mol. The SMILES string of the molecule is CS(=O)(=O)N1CCC(n2ncc3c(N4CCOCC4)ncnc32)CC1. The summed E-state index contributed by atoms with van der Waals surface area (Å²) in [6, 6.07) is 0.155. The van der Waals surface area contributed by atoms with Gasteiger partial charge in [0.25, 0.3) is 0 Å². The van der Waals surface area contributed by atoms with Crippen LogP contribution in [0.5, 0.6) is 0 Å². The Morgan fingerprint density at radius 2 is 1.84 bits per heavy atom. The van der Waals surface area contributed by atoms with Gasteiger partial charge >= 0.3 is 0 Å². The van der Waals surface area contributed by atoms with Gasteiger partial charge in [-0.25, -0.2) is 27.4 Å². The molecule has 2 aromatic heterocycles. The highest BCUT2D eigenvalue weighted by Gasteiger charge is 2.28. The van der Waals surface area contributed by atoms with Crippen molar-refractivity contribution in [2.75, 3.05) is 50.5 Å². The molecule has 9 nitrogen and oxygen atoms in total. The van der Waals surface area contributed by atoms with Crippen LogP contribution >= 0.6 is 0 Å². The van der Waals surface area contributed by atoms with Crippen molar-refractivity contribution >= 4 is 26.9 Å². The third-order valence-corrected chi connectivity index (χ3v) is 6.22. The fourth-order valence-corrected chi connectivity index (χ4v) is 4.44. The van der Waals surface area contributed by atoms with Crippen LogP contribution in [0.1, 0.15) is 18.9 Å². The second kappa shape index (κ2) is 6.50. The zero-order valence-corrected chi connectivity index (χ0v) is 15.0. The summed E-state index contributed by atoms with van der Waals surface area (Å²) in [6.07, 6.45) is 6.14. The summed E-state index contributed by atoms with van der Waals surface area (Å²) in [5.41, 5.74) is 0.814. The van der Waals surface area contributed by atoms with Gasteiger partial charge in [-0.1, -0.05) is 0 Å². The molecule has 0 saturated carbocycles. The average Bonchev–Trinajstić information content (AvgIpc) is 3.06. The maximum absolute atomic E-state index is 11.7. The second-order valence-corrected chi connectivity index (χ2v) is 8.50. The van der Waals surface area contributed by atoms with Crippen molar-refractivity contribution in [1.82, 2.24) is 24.1 Å². The summed E-state index contributed by atoms with van der Waals surface area (Å²) in [7, 11) is -3.12. The van der Waals surface area contributed by atoms with Crippen molar-refractivity contribution in [3.63, 3.8) is 0 Å². The molecule has 4 rings (SSSR count). The average molecular weight is 366 g/mol. The second-order valence-electron chi connectivity index (χ2n) is 6.52. The molecule has 10 heteroatoms. The standard InChI is InChI=1S/C15H22N6O3S/c1-25(22,23)20-4-2-12(3-5-20)21-15-13(10-18-21)14(16-11-17-15)19-6-8-24-9-7-19/h10-12H,2-9H2,1H3. The lowest BCUT2D eigenvalue weighted by atomic mass is 10.1. The van der Waals surface area contributed by atoms with Gasteiger partial charge in [0.1, 0.15) is 12.1 Å². The molecule has 0 amide bonds. The van der Waals surface area contributed by atoms with Crippen LogP contribution in [0.25, 0.3) is 11.0 Å². The number of rotatable bonds is 3. The smallest absolute Gasteiger partial charge is 0.211 e. The van der Waals surface area contributed by atoms with E-state index in [-0.39, 0.29) is 6.04 Å². The van der Waals surface area contributed by atoms with Crippen LogP contribution in [0.4, 0.5) is 5.82 Å². The molecule has 0 spiro atoms. The first-order valence-electron chi connectivity index (χ1n) is 8.50. The molecule has 0 aliphatic carbocycles. The van der Waals surface area contributed by atoms with Gasteiger partial charge in [-0.3, -0.25) is 0 Å². The predicted octanol–water partition coefficient (Wildman–Crippen LogP) is 0.259. The van der Waals surface area contributed by atoms with E-state index < -0.39 is 10.0 Å². The van der Waals surface area contributed by atoms with Gasteiger partial charge in [-0.05, 0) is 12.8 Å². The Morgan fingerprint density at radius 3 is 2.52 bits per heavy atom. The highest BCUT2D eigenvalue weighted by Crippen LogP contribution is 2.29. The Bertz CT molecular complexity index is 853. The van der Waals surface area contributed by atoms with E-state index in [2.05, 4.69) is 20.0 Å². The zero-order chi connectivity index (χ0) is 17.4. The van der Waals surface area contributed by atoms with Gasteiger partial charge in [-0.15, -0.1) is 0 Å². The molecule has 0 N–H and O–H groups in total. The highest BCUT2D eigenvalue weighted by atomic mass is 32.2. The first-order chi connectivity index (χ1) is 12.0. The summed E-state index contributed by atoms with van der Waals surface area (Å²) in [5, 5.41) is 5.49. The monoisotopic (exact) mass is 366 g/mol. The number of anilines is 1. The third-order valence-electron chi connectivity index (χ3n) is 4.92. The predicted molar refractivity (Wildman–Crippen MR) is 93.0 cm³/mol. The largest absolute Gasteiger partial charge is 0.378 e. The molecule has 0 bridgehead atoms. The van der Waals surface area contributed by atoms with Crippen LogP contribution in [0.3, 0.4) is 0 Å². The number of morpholine rings is 1. The quantitative estimate of drug-likeness (QED) is 0.769. The number of piperidine rings is 1. The normalized spacial score (nSPS) is 21.1. The molecule has 0 radical (unpaired) electrons. The Hall–Kier alpha value is -1.78. The van der Waals surface area contributed by atoms with Gasteiger partial charge < -0.3 is 9.64 Å². The molecule has 0 unspecified atom stereocenters. The molecule has 0 aromatic carbocycles. The zero-order valence-electron chi connectivity index (χ0n) is 14.2. The first-order valence-corrected chi connectivity index (χ1v) is 10.3. The van der Waals surface area contributed by atoms with Crippen molar-refractivity contribution < 1.29 is 13.2 Å². The van der Waals surface area contributed by atoms with Crippen LogP contribution < -0.4 is 4.90 Å². The van der Waals surface area contributed by atoms with E-state index in [4.69, 9.17) is 4.74 Å². The van der Waals surface area contributed by atoms with Gasteiger partial charge in [0.05, 0.1) is 37.1 Å². The molecule has 25 heavy (non-hydrogen) atoms. The summed E-state index contributed by atoms with van der Waals surface area (Å²) in [6.45, 7) is 4.06. The Labute approximate surface area is 146 Å². The molecule has 4 heterocycles. The lowest BCUT2D eigenvalue weighted by Gasteiger charge is -2.30. The molecule has 2 saturated heterocycles. The molecular formula is C15H22N6O3S. The maximum Gasteiger partial charge on any atom is 0.211 e. The Balaban J connectivity index is 1.59. The summed E-state index contributed by atoms with van der Waals surface area (Å²) >= 11 is 0. The molecule has 2 aliphatic heterocycles. The Kier molecular flexibility index (Phi) is 4.34. The topological polar surface area (TPSA) is 93.5 Å². The minimum atomic E-state index is -3.12. The Morgan fingerprint density at radius 1 is 1.12 bits per heavy atom. The lowest BCUT2D eigenvalue weighted by Crippen LogP contribution is -2.38. The van der Waals surface area contributed by atoms with Gasteiger partial charge in [-0.2, -0.15) is 5.10 Å². The van der Waals surface area contributed by atoms with Crippen LogP contribution in [0.2, 0.25) is 0 Å². The van der Waals surface area contributed by atoms with E-state index >= 15 is 0 Å². The number of sulfonamides is 1. The summed E-state index contributed by atoms with van der Waals surface area (Å²) in [4.78, 5) is 11.1. The van der Waals surface area contributed by atoms with Crippen molar-refractivity contribution in [2.45, 2.75) is 18.9 Å². The van der Waals surface area contributed by atoms with E-state index in [1.54, 1.807) is 6.33 Å². The van der Waals surface area contributed by atoms with Crippen LogP contribution in [-0.2, 0) is 14.8 Å². The van der Waals surface area contributed by atoms with Crippen LogP contribution in [0.15, 0.2) is 12.5 Å². The fraction of sp³-hybridized carbons (Fsp3) is 0.667. The summed E-state index contributed by atoms with van der Waals surface area (Å²) < 4.78 is 32.2. The first kappa shape index (κ1) is 16.7. The minimum Gasteiger partial charge on any atom is -0.378 e. The van der Waals surface area contributed by atoms with E-state index in [0.717, 1.165) is 42.8 Å². The summed E-state index contributed by atoms with van der Waals surface area (Å²) in [5.74, 6) is 0.896. The van der Waals surface area contributed by atoms with Crippen LogP contribution in [0, 0.1) is 0 Å². The molecule has 0 atom stereocenters. The highest BCUT2D eigenvalue weighted by molar-refractivity contribution is 7.88. The van der Waals surface area contributed by atoms with Gasteiger partial charge in [0, 0.05) is 26.2 Å². The number of hydrogen-bond donors (Lipinski definition) is 0. The number of fused-ring (bicyclic) bond motifs is 1. The number of aromatic nitrogens is 4. The fourth-order valence-electron chi connectivity index (χ4n) is 3.56. The van der Waals surface area contributed by atoms with Crippen molar-refractivity contribution in [3.8, 4) is 0 Å². The third kappa shape index (κ3) is 3.21. The molecule has 136 valence electrons. The molecule has 2 fully saturated rings. The molecule has 2 aliphatic rings. The number of nitrogens with zero attached hydrogens (tertiary/aromatic N) is 6. The van der Waals surface area contributed by atoms with E-state index in [0.29, 0.717) is 26.3 Å². The van der Waals surface area contributed by atoms with Gasteiger partial charge in [0.2, 0.25) is 10.0 Å². The van der Waals surface area contributed by atoms with Crippen LogP contribution in [-0.4, -0.2) is 78.1 Å². The lowest BCUT2D eigenvalue weighted by molar-refractivity contribution is 0.122. The number of ether oxygens (including phenoxy) is 1. The number of hydrogen-bond acceptors (Lipinski definition) is 7. The van der Waals surface area contributed by atoms with Crippen molar-refractivity contribution in [3.05, 3.63) is 12.5 Å². The van der Waals surface area contributed by atoms with E-state index in [1.807, 2.05) is 10.9 Å². The van der Waals surface area contributed by atoms with Gasteiger partial charge in [0.15, 0.2) is 5.65 Å². The van der Waals surface area contributed by atoms with E-state index in [9.17, 15) is 8.42 Å². The van der Waals surface area contributed by atoms with E-state index in [1.165, 1.54) is 10.6 Å². The minimum absolute atomic E-state index is 0.155. The van der Waals surface area contributed by atoms with Crippen molar-refractivity contribution in [2.24, 2.45) is 0 Å².